The molecule has 5 rings (SSSR count). The minimum Gasteiger partial charge on any atom is -0.506 e. The van der Waals surface area contributed by atoms with Crippen LogP contribution in [0.5, 0.6) is 23.0 Å². The van der Waals surface area contributed by atoms with Gasteiger partial charge in [-0.25, -0.2) is 4.79 Å². The maximum atomic E-state index is 13.3. The molecule has 2 heterocycles. The second kappa shape index (κ2) is 12.0. The monoisotopic (exact) mass is 651 g/mol. The van der Waals surface area contributed by atoms with Crippen LogP contribution < -0.4 is 10.1 Å². The number of unbranched alkanes of at least 4 members (excludes halogenated alkanes) is 4. The Morgan fingerprint density at radius 1 is 0.881 bits per heavy atom. The number of ether oxygens (including phenoxy) is 2. The van der Waals surface area contributed by atoms with Crippen LogP contribution in [0.25, 0.3) is 0 Å². The minimum absolute atomic E-state index is 0.0127. The first kappa shape index (κ1) is 30.6. The van der Waals surface area contributed by atoms with Crippen LogP contribution in [0.1, 0.15) is 83.6 Å². The highest BCUT2D eigenvalue weighted by atomic mass is 35.5. The fraction of sp³-hybridized carbons (Fsp3) is 0.355. The molecule has 3 N–H and O–H groups in total. The van der Waals surface area contributed by atoms with E-state index < -0.39 is 11.6 Å². The van der Waals surface area contributed by atoms with Gasteiger partial charge in [0.25, 0.3) is 0 Å². The summed E-state index contributed by atoms with van der Waals surface area (Å²) in [7, 11) is 0. The molecule has 42 heavy (non-hydrogen) atoms. The van der Waals surface area contributed by atoms with Gasteiger partial charge < -0.3 is 25.0 Å². The number of carbonyl (C=O) groups excluding carboxylic acids is 2. The number of phenolic OH excluding ortho intramolecular Hbond substituents is 2. The summed E-state index contributed by atoms with van der Waals surface area (Å²) in [6, 6.07) is 6.03. The van der Waals surface area contributed by atoms with E-state index in [1.807, 2.05) is 0 Å². The van der Waals surface area contributed by atoms with Gasteiger partial charge in [-0.15, -0.1) is 0 Å². The number of benzene rings is 3. The summed E-state index contributed by atoms with van der Waals surface area (Å²) in [5, 5.41) is 24.8. The second-order valence-electron chi connectivity index (χ2n) is 10.5. The van der Waals surface area contributed by atoms with Gasteiger partial charge in [0, 0.05) is 35.2 Å². The zero-order chi connectivity index (χ0) is 30.3. The Morgan fingerprint density at radius 3 is 2.29 bits per heavy atom. The van der Waals surface area contributed by atoms with Crippen molar-refractivity contribution in [2.24, 2.45) is 0 Å². The van der Waals surface area contributed by atoms with Gasteiger partial charge in [-0.2, -0.15) is 0 Å². The van der Waals surface area contributed by atoms with E-state index in [9.17, 15) is 19.8 Å². The first-order valence-electron chi connectivity index (χ1n) is 13.8. The number of amides is 1. The van der Waals surface area contributed by atoms with Gasteiger partial charge in [-0.05, 0) is 49.6 Å². The topological polar surface area (TPSA) is 105 Å². The molecule has 0 radical (unpaired) electrons. The maximum absolute atomic E-state index is 13.3. The van der Waals surface area contributed by atoms with Gasteiger partial charge in [0.15, 0.2) is 11.4 Å². The van der Waals surface area contributed by atoms with Crippen molar-refractivity contribution in [1.29, 1.82) is 0 Å². The molecule has 1 amide bonds. The quantitative estimate of drug-likeness (QED) is 0.158. The number of aromatic hydroxyl groups is 2. The molecule has 0 aromatic heterocycles. The number of phenols is 2. The van der Waals surface area contributed by atoms with Gasteiger partial charge in [-0.1, -0.05) is 79.0 Å². The zero-order valence-electron chi connectivity index (χ0n) is 23.0. The largest absolute Gasteiger partial charge is 0.506 e. The summed E-state index contributed by atoms with van der Waals surface area (Å²) in [6.45, 7) is 4.32. The molecular formula is C31H29Cl4NO6. The molecular weight excluding hydrogens is 624 g/mol. The number of halogens is 4. The van der Waals surface area contributed by atoms with Crippen molar-refractivity contribution in [3.05, 3.63) is 77.7 Å². The van der Waals surface area contributed by atoms with E-state index in [0.717, 1.165) is 25.7 Å². The lowest BCUT2D eigenvalue weighted by molar-refractivity contribution is -0.121. The summed E-state index contributed by atoms with van der Waals surface area (Å²) in [4.78, 5) is 25.9. The van der Waals surface area contributed by atoms with Crippen LogP contribution in [0.3, 0.4) is 0 Å². The van der Waals surface area contributed by atoms with E-state index in [2.05, 4.69) is 12.2 Å². The normalized spacial score (nSPS) is 16.5. The fourth-order valence-electron chi connectivity index (χ4n) is 5.57. The Bertz CT molecular complexity index is 1610. The standard InChI is InChI=1S/C31H29Cl4NO6/c1-3-4-5-6-7-10-36-24(37)9-8-16-11-19-29(25(35)27(16)39)41-28-15(2)26(38)23(34)14-20(28)31(19)18-13-22(33)21(32)12-17(18)30(40)42-31/h11-14,38-39H,3-10H2,1-2H3,(H,36,37). The molecule has 0 saturated carbocycles. The van der Waals surface area contributed by atoms with Crippen LogP contribution in [0, 0.1) is 6.92 Å². The average Bonchev–Trinajstić information content (AvgIpc) is 3.23. The fourth-order valence-corrected chi connectivity index (χ4v) is 6.41. The van der Waals surface area contributed by atoms with Crippen molar-refractivity contribution in [3.63, 3.8) is 0 Å². The van der Waals surface area contributed by atoms with Gasteiger partial charge in [0.1, 0.15) is 22.3 Å². The number of carbonyl (C=O) groups is 2. The molecule has 2 aliphatic rings. The van der Waals surface area contributed by atoms with Crippen molar-refractivity contribution in [3.8, 4) is 23.0 Å². The summed E-state index contributed by atoms with van der Waals surface area (Å²) < 4.78 is 12.3. The van der Waals surface area contributed by atoms with Gasteiger partial charge >= 0.3 is 5.97 Å². The molecule has 1 unspecified atom stereocenters. The molecule has 1 spiro atoms. The second-order valence-corrected chi connectivity index (χ2v) is 12.1. The summed E-state index contributed by atoms with van der Waals surface area (Å²) in [5.41, 5.74) is 0.146. The van der Waals surface area contributed by atoms with Crippen LogP contribution >= 0.6 is 46.4 Å². The van der Waals surface area contributed by atoms with Gasteiger partial charge in [-0.3, -0.25) is 4.79 Å². The van der Waals surface area contributed by atoms with Crippen LogP contribution in [0.2, 0.25) is 20.1 Å². The lowest BCUT2D eigenvalue weighted by atomic mass is 9.76. The van der Waals surface area contributed by atoms with Crippen LogP contribution in [-0.4, -0.2) is 28.6 Å². The Morgan fingerprint density at radius 2 is 1.55 bits per heavy atom. The molecule has 0 bridgehead atoms. The van der Waals surface area contributed by atoms with Crippen molar-refractivity contribution in [1.82, 2.24) is 5.32 Å². The van der Waals surface area contributed by atoms with E-state index in [1.165, 1.54) is 24.6 Å². The first-order valence-corrected chi connectivity index (χ1v) is 15.3. The Balaban J connectivity index is 1.58. The van der Waals surface area contributed by atoms with E-state index in [-0.39, 0.29) is 73.0 Å². The number of fused-ring (bicyclic) bond motifs is 6. The highest BCUT2D eigenvalue weighted by molar-refractivity contribution is 6.42. The lowest BCUT2D eigenvalue weighted by Gasteiger charge is -2.38. The van der Waals surface area contributed by atoms with Crippen molar-refractivity contribution in [2.45, 2.75) is 64.4 Å². The van der Waals surface area contributed by atoms with Crippen LogP contribution in [0.4, 0.5) is 0 Å². The lowest BCUT2D eigenvalue weighted by Crippen LogP contribution is -2.33. The van der Waals surface area contributed by atoms with Gasteiger partial charge in [0.2, 0.25) is 5.91 Å². The molecule has 0 saturated heterocycles. The zero-order valence-corrected chi connectivity index (χ0v) is 26.0. The number of hydrogen-bond donors (Lipinski definition) is 3. The maximum Gasteiger partial charge on any atom is 0.340 e. The predicted molar refractivity (Wildman–Crippen MR) is 163 cm³/mol. The number of rotatable bonds is 9. The van der Waals surface area contributed by atoms with E-state index >= 15 is 0 Å². The molecule has 1 atom stereocenters. The third kappa shape index (κ3) is 5.15. The summed E-state index contributed by atoms with van der Waals surface area (Å²) >= 11 is 25.8. The van der Waals surface area contributed by atoms with Crippen LogP contribution in [0.15, 0.2) is 24.3 Å². The van der Waals surface area contributed by atoms with Crippen molar-refractivity contribution >= 4 is 58.3 Å². The first-order chi connectivity index (χ1) is 20.0. The molecule has 11 heteroatoms. The van der Waals surface area contributed by atoms with E-state index in [4.69, 9.17) is 55.9 Å². The minimum atomic E-state index is -1.65. The van der Waals surface area contributed by atoms with Crippen molar-refractivity contribution in [2.75, 3.05) is 6.54 Å². The third-order valence-electron chi connectivity index (χ3n) is 7.80. The Labute approximate surface area is 263 Å². The average molecular weight is 653 g/mol. The van der Waals surface area contributed by atoms with E-state index in [0.29, 0.717) is 28.8 Å². The van der Waals surface area contributed by atoms with Gasteiger partial charge in [0.05, 0.1) is 20.6 Å². The number of esters is 1. The molecule has 2 aliphatic heterocycles. The number of aryl methyl sites for hydroxylation is 1. The summed E-state index contributed by atoms with van der Waals surface area (Å²) in [5.74, 6) is -1.14. The molecule has 0 aliphatic carbocycles. The van der Waals surface area contributed by atoms with Crippen LogP contribution in [-0.2, 0) is 21.6 Å². The molecule has 3 aromatic rings. The van der Waals surface area contributed by atoms with Crippen molar-refractivity contribution < 1.29 is 29.3 Å². The van der Waals surface area contributed by atoms with E-state index in [1.54, 1.807) is 13.0 Å². The molecule has 3 aromatic carbocycles. The molecule has 222 valence electrons. The Hall–Kier alpha value is -2.84. The smallest absolute Gasteiger partial charge is 0.340 e. The summed E-state index contributed by atoms with van der Waals surface area (Å²) in [6.07, 6.45) is 5.66. The number of hydrogen-bond acceptors (Lipinski definition) is 6. The SMILES string of the molecule is CCCCCCCNC(=O)CCc1cc2c(c(Cl)c1O)Oc1c(cc(Cl)c(O)c1C)C21OC(=O)c2cc(Cl)c(Cl)cc21. The number of nitrogens with one attached hydrogen (secondary N) is 1. The highest BCUT2D eigenvalue weighted by Gasteiger charge is 2.55. The molecule has 0 fully saturated rings. The third-order valence-corrected chi connectivity index (χ3v) is 9.17. The molecule has 7 nitrogen and oxygen atoms in total. The Kier molecular flexibility index (Phi) is 8.77. The highest BCUT2D eigenvalue weighted by Crippen LogP contribution is 2.61. The predicted octanol–water partition coefficient (Wildman–Crippen LogP) is 8.61.